The molecule has 1 saturated heterocycles. The fourth-order valence-electron chi connectivity index (χ4n) is 2.50. The van der Waals surface area contributed by atoms with Gasteiger partial charge in [0.25, 0.3) is 0 Å². The van der Waals surface area contributed by atoms with Gasteiger partial charge in [-0.1, -0.05) is 12.1 Å². The predicted molar refractivity (Wildman–Crippen MR) is 72.0 cm³/mol. The molecular formula is C14H22FN3. The molecule has 0 bridgehead atoms. The Hall–Kier alpha value is -0.970. The molecule has 4 heteroatoms. The molecule has 0 amide bonds. The molecule has 1 unspecified atom stereocenters. The molecule has 1 aliphatic heterocycles. The summed E-state index contributed by atoms with van der Waals surface area (Å²) in [5, 5.41) is 0. The van der Waals surface area contributed by atoms with E-state index in [1.165, 1.54) is 0 Å². The minimum absolute atomic E-state index is 0.145. The van der Waals surface area contributed by atoms with Gasteiger partial charge >= 0.3 is 0 Å². The SMILES string of the molecule is Cc1cc(C(CN)N2CCN(C)CC2)ccc1F. The minimum atomic E-state index is -0.145. The third-order valence-corrected chi connectivity index (χ3v) is 3.77. The Morgan fingerprint density at radius 2 is 1.94 bits per heavy atom. The van der Waals surface area contributed by atoms with Crippen molar-refractivity contribution in [2.45, 2.75) is 13.0 Å². The van der Waals surface area contributed by atoms with Gasteiger partial charge in [-0.25, -0.2) is 4.39 Å². The van der Waals surface area contributed by atoms with Crippen LogP contribution in [-0.4, -0.2) is 49.6 Å². The first-order chi connectivity index (χ1) is 8.61. The summed E-state index contributed by atoms with van der Waals surface area (Å²) >= 11 is 0. The van der Waals surface area contributed by atoms with Gasteiger partial charge in [0.15, 0.2) is 0 Å². The van der Waals surface area contributed by atoms with Crippen molar-refractivity contribution in [2.75, 3.05) is 39.8 Å². The van der Waals surface area contributed by atoms with Crippen LogP contribution in [0.3, 0.4) is 0 Å². The normalized spacial score (nSPS) is 20.0. The van der Waals surface area contributed by atoms with Crippen LogP contribution in [0.2, 0.25) is 0 Å². The van der Waals surface area contributed by atoms with E-state index in [1.54, 1.807) is 13.0 Å². The number of hydrogen-bond donors (Lipinski definition) is 1. The third kappa shape index (κ3) is 2.88. The second-order valence-corrected chi connectivity index (χ2v) is 5.10. The zero-order valence-electron chi connectivity index (χ0n) is 11.2. The second kappa shape index (κ2) is 5.78. The van der Waals surface area contributed by atoms with Crippen LogP contribution in [-0.2, 0) is 0 Å². The van der Waals surface area contributed by atoms with Crippen LogP contribution in [0.25, 0.3) is 0 Å². The number of aryl methyl sites for hydroxylation is 1. The highest BCUT2D eigenvalue weighted by atomic mass is 19.1. The highest BCUT2D eigenvalue weighted by Crippen LogP contribution is 2.22. The van der Waals surface area contributed by atoms with Gasteiger partial charge in [0.1, 0.15) is 5.82 Å². The quantitative estimate of drug-likeness (QED) is 0.881. The van der Waals surface area contributed by atoms with Crippen molar-refractivity contribution in [3.05, 3.63) is 35.1 Å². The summed E-state index contributed by atoms with van der Waals surface area (Å²) in [6, 6.07) is 5.53. The molecule has 1 aromatic carbocycles. The Balaban J connectivity index is 2.14. The molecule has 0 aliphatic carbocycles. The lowest BCUT2D eigenvalue weighted by molar-refractivity contribution is 0.114. The average Bonchev–Trinajstić information content (AvgIpc) is 2.37. The van der Waals surface area contributed by atoms with Crippen molar-refractivity contribution in [1.82, 2.24) is 9.80 Å². The van der Waals surface area contributed by atoms with Gasteiger partial charge in [-0.3, -0.25) is 4.90 Å². The van der Waals surface area contributed by atoms with E-state index in [4.69, 9.17) is 5.73 Å². The van der Waals surface area contributed by atoms with Crippen LogP contribution < -0.4 is 5.73 Å². The van der Waals surface area contributed by atoms with E-state index < -0.39 is 0 Å². The second-order valence-electron chi connectivity index (χ2n) is 5.10. The first kappa shape index (κ1) is 13.5. The summed E-state index contributed by atoms with van der Waals surface area (Å²) < 4.78 is 13.3. The Bertz CT molecular complexity index is 400. The van der Waals surface area contributed by atoms with E-state index in [1.807, 2.05) is 12.1 Å². The average molecular weight is 251 g/mol. The predicted octanol–water partition coefficient (Wildman–Crippen LogP) is 1.38. The van der Waals surface area contributed by atoms with Crippen molar-refractivity contribution in [3.63, 3.8) is 0 Å². The smallest absolute Gasteiger partial charge is 0.126 e. The van der Waals surface area contributed by atoms with Crippen molar-refractivity contribution < 1.29 is 4.39 Å². The van der Waals surface area contributed by atoms with E-state index in [9.17, 15) is 4.39 Å². The summed E-state index contributed by atoms with van der Waals surface area (Å²) in [5.41, 5.74) is 7.73. The minimum Gasteiger partial charge on any atom is -0.329 e. The number of hydrogen-bond acceptors (Lipinski definition) is 3. The number of nitrogens with two attached hydrogens (primary N) is 1. The van der Waals surface area contributed by atoms with Crippen molar-refractivity contribution in [3.8, 4) is 0 Å². The molecule has 3 nitrogen and oxygen atoms in total. The standard InChI is InChI=1S/C14H22FN3/c1-11-9-12(3-4-13(11)15)14(10-16)18-7-5-17(2)6-8-18/h3-4,9,14H,5-8,10,16H2,1-2H3. The Labute approximate surface area is 108 Å². The maximum absolute atomic E-state index is 13.3. The van der Waals surface area contributed by atoms with E-state index in [0.717, 1.165) is 31.7 Å². The van der Waals surface area contributed by atoms with Crippen molar-refractivity contribution in [1.29, 1.82) is 0 Å². The van der Waals surface area contributed by atoms with Crippen LogP contribution >= 0.6 is 0 Å². The lowest BCUT2D eigenvalue weighted by atomic mass is 10.0. The summed E-state index contributed by atoms with van der Waals surface area (Å²) in [4.78, 5) is 4.71. The molecule has 0 radical (unpaired) electrons. The molecule has 0 spiro atoms. The number of nitrogens with zero attached hydrogens (tertiary/aromatic N) is 2. The van der Waals surface area contributed by atoms with Crippen molar-refractivity contribution in [2.24, 2.45) is 5.73 Å². The lowest BCUT2D eigenvalue weighted by Gasteiger charge is -2.37. The van der Waals surface area contributed by atoms with Gasteiger partial charge < -0.3 is 10.6 Å². The maximum atomic E-state index is 13.3. The summed E-state index contributed by atoms with van der Waals surface area (Å²) in [7, 11) is 2.14. The Morgan fingerprint density at radius 1 is 1.28 bits per heavy atom. The molecule has 1 heterocycles. The van der Waals surface area contributed by atoms with Crippen molar-refractivity contribution >= 4 is 0 Å². The van der Waals surface area contributed by atoms with E-state index in [-0.39, 0.29) is 11.9 Å². The molecule has 18 heavy (non-hydrogen) atoms. The van der Waals surface area contributed by atoms with Crippen LogP contribution in [0, 0.1) is 12.7 Å². The van der Waals surface area contributed by atoms with E-state index in [2.05, 4.69) is 16.8 Å². The van der Waals surface area contributed by atoms with Crippen LogP contribution in [0.1, 0.15) is 17.2 Å². The van der Waals surface area contributed by atoms with Gasteiger partial charge in [-0.05, 0) is 31.2 Å². The first-order valence-electron chi connectivity index (χ1n) is 6.50. The molecule has 0 saturated carbocycles. The number of benzene rings is 1. The van der Waals surface area contributed by atoms with Gasteiger partial charge in [0, 0.05) is 38.8 Å². The number of halogens is 1. The highest BCUT2D eigenvalue weighted by molar-refractivity contribution is 5.27. The zero-order valence-corrected chi connectivity index (χ0v) is 11.2. The topological polar surface area (TPSA) is 32.5 Å². The van der Waals surface area contributed by atoms with E-state index >= 15 is 0 Å². The van der Waals surface area contributed by atoms with E-state index in [0.29, 0.717) is 12.1 Å². The number of likely N-dealkylation sites (N-methyl/N-ethyl adjacent to an activating group) is 1. The number of rotatable bonds is 3. The molecule has 100 valence electrons. The zero-order chi connectivity index (χ0) is 13.1. The fraction of sp³-hybridized carbons (Fsp3) is 0.571. The summed E-state index contributed by atoms with van der Waals surface area (Å²) in [6.45, 7) is 6.56. The molecular weight excluding hydrogens is 229 g/mol. The van der Waals surface area contributed by atoms with Gasteiger partial charge in [-0.2, -0.15) is 0 Å². The highest BCUT2D eigenvalue weighted by Gasteiger charge is 2.22. The Kier molecular flexibility index (Phi) is 4.32. The fourth-order valence-corrected chi connectivity index (χ4v) is 2.50. The Morgan fingerprint density at radius 3 is 2.50 bits per heavy atom. The third-order valence-electron chi connectivity index (χ3n) is 3.77. The molecule has 1 aromatic rings. The molecule has 2 N–H and O–H groups in total. The summed E-state index contributed by atoms with van der Waals surface area (Å²) in [6.07, 6.45) is 0. The molecule has 1 atom stereocenters. The molecule has 1 aliphatic rings. The molecule has 0 aromatic heterocycles. The largest absolute Gasteiger partial charge is 0.329 e. The van der Waals surface area contributed by atoms with Gasteiger partial charge in [-0.15, -0.1) is 0 Å². The van der Waals surface area contributed by atoms with Gasteiger partial charge in [0.2, 0.25) is 0 Å². The van der Waals surface area contributed by atoms with Crippen LogP contribution in [0.5, 0.6) is 0 Å². The van der Waals surface area contributed by atoms with Crippen LogP contribution in [0.15, 0.2) is 18.2 Å². The maximum Gasteiger partial charge on any atom is 0.126 e. The lowest BCUT2D eigenvalue weighted by Crippen LogP contribution is -2.47. The molecule has 1 fully saturated rings. The summed E-state index contributed by atoms with van der Waals surface area (Å²) in [5.74, 6) is -0.145. The first-order valence-corrected chi connectivity index (χ1v) is 6.50. The molecule has 2 rings (SSSR count). The van der Waals surface area contributed by atoms with Gasteiger partial charge in [0.05, 0.1) is 0 Å². The van der Waals surface area contributed by atoms with Crippen LogP contribution in [0.4, 0.5) is 4.39 Å². The monoisotopic (exact) mass is 251 g/mol. The number of piperazine rings is 1.